The van der Waals surface area contributed by atoms with Crippen molar-refractivity contribution in [2.24, 2.45) is 9.98 Å². The molecule has 5 rings (SSSR count). The summed E-state index contributed by atoms with van der Waals surface area (Å²) in [6.07, 6.45) is 0.623. The lowest BCUT2D eigenvalue weighted by atomic mass is 10.0. The van der Waals surface area contributed by atoms with Gasteiger partial charge in [0.05, 0.1) is 13.1 Å². The van der Waals surface area contributed by atoms with Crippen LogP contribution in [0, 0.1) is 0 Å². The van der Waals surface area contributed by atoms with Gasteiger partial charge in [0.15, 0.2) is 0 Å². The highest BCUT2D eigenvalue weighted by atomic mass is 16.2. The zero-order valence-electron chi connectivity index (χ0n) is 20.1. The van der Waals surface area contributed by atoms with Gasteiger partial charge in [-0.1, -0.05) is 6.92 Å². The Morgan fingerprint density at radius 1 is 0.750 bits per heavy atom. The fourth-order valence-corrected chi connectivity index (χ4v) is 4.26. The van der Waals surface area contributed by atoms with Crippen molar-refractivity contribution in [1.82, 2.24) is 10.6 Å². The summed E-state index contributed by atoms with van der Waals surface area (Å²) >= 11 is 0. The molecule has 2 aliphatic heterocycles. The lowest BCUT2D eigenvalue weighted by Crippen LogP contribution is -2.20. The SMILES string of the molecule is CCc1cc(C(=O)Nc2ccc(C3=NCCN3)cc2)ccc1C(=O)Nc1ccc(C2=NCCN2)cc1. The van der Waals surface area contributed by atoms with Gasteiger partial charge in [-0.3, -0.25) is 19.6 Å². The van der Waals surface area contributed by atoms with Crippen molar-refractivity contribution in [2.45, 2.75) is 13.3 Å². The number of benzene rings is 3. The van der Waals surface area contributed by atoms with Crippen LogP contribution in [0.5, 0.6) is 0 Å². The van der Waals surface area contributed by atoms with Crippen LogP contribution in [0.3, 0.4) is 0 Å². The number of aliphatic imine (C=N–C) groups is 2. The number of hydrogen-bond donors (Lipinski definition) is 4. The number of carbonyl (C=O) groups excluding carboxylic acids is 2. The number of hydrogen-bond acceptors (Lipinski definition) is 6. The Bertz CT molecular complexity index is 1340. The first-order chi connectivity index (χ1) is 17.6. The van der Waals surface area contributed by atoms with E-state index >= 15 is 0 Å². The molecule has 4 N–H and O–H groups in total. The quantitative estimate of drug-likeness (QED) is 0.416. The average molecular weight is 481 g/mol. The lowest BCUT2D eigenvalue weighted by molar-refractivity contribution is 0.101. The van der Waals surface area contributed by atoms with E-state index in [0.29, 0.717) is 28.9 Å². The van der Waals surface area contributed by atoms with Crippen molar-refractivity contribution in [3.63, 3.8) is 0 Å². The van der Waals surface area contributed by atoms with Crippen molar-refractivity contribution in [1.29, 1.82) is 0 Å². The molecule has 0 radical (unpaired) electrons. The first-order valence-electron chi connectivity index (χ1n) is 12.1. The molecular weight excluding hydrogens is 452 g/mol. The average Bonchev–Trinajstić information content (AvgIpc) is 3.64. The molecule has 8 heteroatoms. The number of anilines is 2. The number of nitrogens with one attached hydrogen (secondary N) is 4. The monoisotopic (exact) mass is 480 g/mol. The predicted molar refractivity (Wildman–Crippen MR) is 143 cm³/mol. The second-order valence-corrected chi connectivity index (χ2v) is 8.60. The van der Waals surface area contributed by atoms with E-state index in [9.17, 15) is 9.59 Å². The zero-order valence-corrected chi connectivity index (χ0v) is 20.1. The Kier molecular flexibility index (Phi) is 6.75. The molecule has 0 atom stereocenters. The van der Waals surface area contributed by atoms with E-state index in [4.69, 9.17) is 0 Å². The van der Waals surface area contributed by atoms with Gasteiger partial charge in [0.1, 0.15) is 11.7 Å². The molecule has 3 aromatic rings. The fraction of sp³-hybridized carbons (Fsp3) is 0.214. The smallest absolute Gasteiger partial charge is 0.255 e. The molecule has 0 bridgehead atoms. The summed E-state index contributed by atoms with van der Waals surface area (Å²) in [5, 5.41) is 12.4. The van der Waals surface area contributed by atoms with Gasteiger partial charge >= 0.3 is 0 Å². The second-order valence-electron chi connectivity index (χ2n) is 8.60. The number of amidine groups is 2. The summed E-state index contributed by atoms with van der Waals surface area (Å²) in [6, 6.07) is 20.4. The molecule has 0 unspecified atom stereocenters. The van der Waals surface area contributed by atoms with Crippen molar-refractivity contribution >= 4 is 34.9 Å². The minimum Gasteiger partial charge on any atom is -0.368 e. The molecule has 182 valence electrons. The predicted octanol–water partition coefficient (Wildman–Crippen LogP) is 3.45. The van der Waals surface area contributed by atoms with E-state index in [2.05, 4.69) is 31.3 Å². The van der Waals surface area contributed by atoms with E-state index in [0.717, 1.165) is 54.5 Å². The normalized spacial score (nSPS) is 14.4. The molecule has 0 fully saturated rings. The highest BCUT2D eigenvalue weighted by molar-refractivity contribution is 6.08. The van der Waals surface area contributed by atoms with E-state index in [1.165, 1.54) is 0 Å². The molecule has 2 heterocycles. The van der Waals surface area contributed by atoms with Gasteiger partial charge in [-0.25, -0.2) is 0 Å². The summed E-state index contributed by atoms with van der Waals surface area (Å²) in [5.74, 6) is 1.33. The minimum absolute atomic E-state index is 0.207. The number of nitrogens with zero attached hydrogens (tertiary/aromatic N) is 2. The molecule has 0 aliphatic carbocycles. The maximum atomic E-state index is 13.0. The molecule has 0 saturated heterocycles. The van der Waals surface area contributed by atoms with Crippen molar-refractivity contribution in [3.8, 4) is 0 Å². The zero-order chi connectivity index (χ0) is 24.9. The summed E-state index contributed by atoms with van der Waals surface area (Å²) in [6.45, 7) is 5.23. The molecule has 36 heavy (non-hydrogen) atoms. The summed E-state index contributed by atoms with van der Waals surface area (Å²) in [7, 11) is 0. The van der Waals surface area contributed by atoms with Crippen LogP contribution < -0.4 is 21.3 Å². The minimum atomic E-state index is -0.222. The van der Waals surface area contributed by atoms with Crippen LogP contribution in [0.1, 0.15) is 44.3 Å². The highest BCUT2D eigenvalue weighted by Gasteiger charge is 2.16. The van der Waals surface area contributed by atoms with Gasteiger partial charge in [0.2, 0.25) is 0 Å². The molecule has 3 aromatic carbocycles. The van der Waals surface area contributed by atoms with Crippen LogP contribution in [-0.4, -0.2) is 49.7 Å². The van der Waals surface area contributed by atoms with E-state index in [-0.39, 0.29) is 11.8 Å². The molecule has 8 nitrogen and oxygen atoms in total. The standard InChI is InChI=1S/C28H28N6O2/c1-2-18-17-21(27(35)33-22-8-3-19(4-9-22)25-29-13-14-30-25)7-12-24(18)28(36)34-23-10-5-20(6-11-23)26-31-15-16-32-26/h3-12,17H,2,13-16H2,1H3,(H,29,30)(H,31,32)(H,33,35)(H,34,36). The van der Waals surface area contributed by atoms with Crippen LogP contribution in [0.15, 0.2) is 76.7 Å². The summed E-state index contributed by atoms with van der Waals surface area (Å²) in [5.41, 5.74) is 5.25. The summed E-state index contributed by atoms with van der Waals surface area (Å²) in [4.78, 5) is 34.7. The van der Waals surface area contributed by atoms with Crippen molar-refractivity contribution in [2.75, 3.05) is 36.8 Å². The van der Waals surface area contributed by atoms with E-state index in [1.807, 2.05) is 55.5 Å². The summed E-state index contributed by atoms with van der Waals surface area (Å²) < 4.78 is 0. The first kappa shape index (κ1) is 23.3. The third-order valence-electron chi connectivity index (χ3n) is 6.17. The highest BCUT2D eigenvalue weighted by Crippen LogP contribution is 2.19. The van der Waals surface area contributed by atoms with Crippen LogP contribution in [0.25, 0.3) is 0 Å². The molecule has 2 amide bonds. The van der Waals surface area contributed by atoms with Crippen molar-refractivity contribution in [3.05, 3.63) is 94.5 Å². The molecule has 0 saturated carbocycles. The van der Waals surface area contributed by atoms with Crippen LogP contribution in [0.4, 0.5) is 11.4 Å². The van der Waals surface area contributed by atoms with Gasteiger partial charge in [0.25, 0.3) is 11.8 Å². The van der Waals surface area contributed by atoms with Gasteiger partial charge in [-0.05, 0) is 78.7 Å². The van der Waals surface area contributed by atoms with Gasteiger partial charge < -0.3 is 21.3 Å². The lowest BCUT2D eigenvalue weighted by Gasteiger charge is -2.12. The van der Waals surface area contributed by atoms with Gasteiger partial charge in [-0.2, -0.15) is 0 Å². The van der Waals surface area contributed by atoms with Gasteiger partial charge in [-0.15, -0.1) is 0 Å². The largest absolute Gasteiger partial charge is 0.368 e. The topological polar surface area (TPSA) is 107 Å². The second kappa shape index (κ2) is 10.4. The number of aryl methyl sites for hydroxylation is 1. The van der Waals surface area contributed by atoms with Crippen LogP contribution in [-0.2, 0) is 6.42 Å². The maximum absolute atomic E-state index is 13.0. The van der Waals surface area contributed by atoms with Crippen molar-refractivity contribution < 1.29 is 9.59 Å². The molecular formula is C28H28N6O2. The number of carbonyl (C=O) groups is 2. The van der Waals surface area contributed by atoms with Gasteiger partial charge in [0, 0.05) is 46.7 Å². The van der Waals surface area contributed by atoms with E-state index in [1.54, 1.807) is 18.2 Å². The Morgan fingerprint density at radius 3 is 1.75 bits per heavy atom. The third kappa shape index (κ3) is 5.12. The Morgan fingerprint density at radius 2 is 1.28 bits per heavy atom. The molecule has 0 aromatic heterocycles. The van der Waals surface area contributed by atoms with Crippen LogP contribution >= 0.6 is 0 Å². The Labute approximate surface area is 209 Å². The fourth-order valence-electron chi connectivity index (χ4n) is 4.26. The first-order valence-corrected chi connectivity index (χ1v) is 12.1. The van der Waals surface area contributed by atoms with E-state index < -0.39 is 0 Å². The Hall–Kier alpha value is -4.46. The molecule has 2 aliphatic rings. The number of rotatable bonds is 7. The molecule has 0 spiro atoms. The number of amides is 2. The maximum Gasteiger partial charge on any atom is 0.255 e. The Balaban J connectivity index is 1.25. The van der Waals surface area contributed by atoms with Crippen LogP contribution in [0.2, 0.25) is 0 Å². The third-order valence-corrected chi connectivity index (χ3v) is 6.17.